The van der Waals surface area contributed by atoms with Crippen LogP contribution in [-0.4, -0.2) is 41.7 Å². The molecule has 1 amide bonds. The van der Waals surface area contributed by atoms with Crippen molar-refractivity contribution in [2.75, 3.05) is 30.0 Å². The number of anilines is 2. The molecule has 0 spiro atoms. The summed E-state index contributed by atoms with van der Waals surface area (Å²) < 4.78 is 13.2. The average Bonchev–Trinajstić information content (AvgIpc) is 2.90. The third kappa shape index (κ3) is 3.81. The van der Waals surface area contributed by atoms with Crippen LogP contribution in [0.15, 0.2) is 16.9 Å². The fourth-order valence-corrected chi connectivity index (χ4v) is 3.53. The van der Waals surface area contributed by atoms with E-state index in [2.05, 4.69) is 36.1 Å². The van der Waals surface area contributed by atoms with Crippen molar-refractivity contribution in [2.24, 2.45) is 5.73 Å². The van der Waals surface area contributed by atoms with E-state index in [1.165, 1.54) is 0 Å². The van der Waals surface area contributed by atoms with Gasteiger partial charge in [-0.1, -0.05) is 0 Å². The van der Waals surface area contributed by atoms with E-state index in [1.807, 2.05) is 0 Å². The minimum Gasteiger partial charge on any atom is -0.368 e. The van der Waals surface area contributed by atoms with Crippen LogP contribution < -0.4 is 16.0 Å². The second-order valence-electron chi connectivity index (χ2n) is 5.72. The van der Waals surface area contributed by atoms with Crippen LogP contribution in [0.1, 0.15) is 19.3 Å². The van der Waals surface area contributed by atoms with E-state index in [-0.39, 0.29) is 30.8 Å². The number of aromatic nitrogens is 2. The van der Waals surface area contributed by atoms with Crippen molar-refractivity contribution >= 4 is 56.7 Å². The van der Waals surface area contributed by atoms with Gasteiger partial charge in [-0.05, 0) is 28.8 Å². The third-order valence-electron chi connectivity index (χ3n) is 4.00. The number of nitrogens with two attached hydrogens (primary N) is 1. The number of hydrogen-bond acceptors (Lipinski definition) is 4. The number of H-pyrrole nitrogens is 1. The first kappa shape index (κ1) is 19.0. The highest BCUT2D eigenvalue weighted by atomic mass is 79.9. The van der Waals surface area contributed by atoms with Crippen LogP contribution in [-0.2, 0) is 4.79 Å². The first-order valence-corrected chi connectivity index (χ1v) is 8.41. The standard InChI is InChI=1S/C15H19BrFN5O.ClH/c16-10-6-19-15-13(11(7-20-15)21-12(23)3-4-17)14(10)22-5-1-2-9(18)8-22;/h6-7,9H,1-5,8,18H2,(H,19,20)(H,21,23);1H. The minimum absolute atomic E-state index is 0. The summed E-state index contributed by atoms with van der Waals surface area (Å²) in [6, 6.07) is 0.127. The van der Waals surface area contributed by atoms with Gasteiger partial charge < -0.3 is 20.9 Å². The van der Waals surface area contributed by atoms with E-state index in [0.29, 0.717) is 11.3 Å². The summed E-state index contributed by atoms with van der Waals surface area (Å²) in [5.74, 6) is -0.352. The Kier molecular flexibility index (Phi) is 6.42. The molecule has 1 atom stereocenters. The largest absolute Gasteiger partial charge is 0.368 e. The SMILES string of the molecule is Cl.NC1CCCN(c2c(Br)cnc3[nH]cc(NC(=O)CCF)c23)C1. The van der Waals surface area contributed by atoms with E-state index < -0.39 is 6.67 Å². The molecule has 1 unspecified atom stereocenters. The van der Waals surface area contributed by atoms with E-state index in [0.717, 1.165) is 41.5 Å². The van der Waals surface area contributed by atoms with Gasteiger partial charge in [0.25, 0.3) is 0 Å². The van der Waals surface area contributed by atoms with Gasteiger partial charge in [-0.25, -0.2) is 4.98 Å². The number of carbonyl (C=O) groups excluding carboxylic acids is 1. The van der Waals surface area contributed by atoms with Crippen molar-refractivity contribution in [2.45, 2.75) is 25.3 Å². The van der Waals surface area contributed by atoms with E-state index in [9.17, 15) is 9.18 Å². The van der Waals surface area contributed by atoms with Crippen LogP contribution in [0, 0.1) is 0 Å². The number of fused-ring (bicyclic) bond motifs is 1. The Bertz CT molecular complexity index is 725. The molecule has 1 saturated heterocycles. The predicted molar refractivity (Wildman–Crippen MR) is 99.7 cm³/mol. The minimum atomic E-state index is -0.677. The molecule has 24 heavy (non-hydrogen) atoms. The fourth-order valence-electron chi connectivity index (χ4n) is 2.98. The van der Waals surface area contributed by atoms with E-state index >= 15 is 0 Å². The zero-order valence-electron chi connectivity index (χ0n) is 13.0. The summed E-state index contributed by atoms with van der Waals surface area (Å²) in [4.78, 5) is 21.4. The Morgan fingerprint density at radius 1 is 1.58 bits per heavy atom. The van der Waals surface area contributed by atoms with Crippen LogP contribution in [0.25, 0.3) is 11.0 Å². The van der Waals surface area contributed by atoms with Crippen LogP contribution in [0.3, 0.4) is 0 Å². The number of piperidine rings is 1. The maximum atomic E-state index is 12.4. The Morgan fingerprint density at radius 3 is 3.08 bits per heavy atom. The maximum absolute atomic E-state index is 12.4. The van der Waals surface area contributed by atoms with Crippen LogP contribution in [0.2, 0.25) is 0 Å². The Labute approximate surface area is 153 Å². The maximum Gasteiger partial charge on any atom is 0.227 e. The molecule has 0 radical (unpaired) electrons. The van der Waals surface area contributed by atoms with E-state index in [1.54, 1.807) is 12.4 Å². The molecule has 1 aliphatic heterocycles. The van der Waals surface area contributed by atoms with Crippen molar-refractivity contribution < 1.29 is 9.18 Å². The molecule has 2 aromatic heterocycles. The molecule has 0 saturated carbocycles. The summed E-state index contributed by atoms with van der Waals surface area (Å²) in [5, 5.41) is 3.57. The lowest BCUT2D eigenvalue weighted by Crippen LogP contribution is -2.43. The Balaban J connectivity index is 0.00000208. The van der Waals surface area contributed by atoms with E-state index in [4.69, 9.17) is 5.73 Å². The molecule has 2 aromatic rings. The van der Waals surface area contributed by atoms with Crippen molar-refractivity contribution in [1.29, 1.82) is 0 Å². The molecule has 0 aliphatic carbocycles. The van der Waals surface area contributed by atoms with Gasteiger partial charge in [-0.3, -0.25) is 9.18 Å². The Morgan fingerprint density at radius 2 is 2.38 bits per heavy atom. The molecule has 3 heterocycles. The zero-order chi connectivity index (χ0) is 16.4. The fraction of sp³-hybridized carbons (Fsp3) is 0.467. The van der Waals surface area contributed by atoms with Gasteiger partial charge in [0.2, 0.25) is 5.91 Å². The summed E-state index contributed by atoms with van der Waals surface area (Å²) >= 11 is 3.56. The summed E-state index contributed by atoms with van der Waals surface area (Å²) in [7, 11) is 0. The molecule has 0 aromatic carbocycles. The number of nitrogens with zero attached hydrogens (tertiary/aromatic N) is 2. The summed E-state index contributed by atoms with van der Waals surface area (Å²) in [6.07, 6.45) is 5.30. The second-order valence-corrected chi connectivity index (χ2v) is 6.57. The number of aromatic amines is 1. The highest BCUT2D eigenvalue weighted by Crippen LogP contribution is 2.38. The first-order valence-electron chi connectivity index (χ1n) is 7.62. The topological polar surface area (TPSA) is 87.0 Å². The van der Waals surface area contributed by atoms with Crippen molar-refractivity contribution in [3.8, 4) is 0 Å². The first-order chi connectivity index (χ1) is 11.1. The lowest BCUT2D eigenvalue weighted by molar-refractivity contribution is -0.116. The number of rotatable bonds is 4. The van der Waals surface area contributed by atoms with Gasteiger partial charge >= 0.3 is 0 Å². The highest BCUT2D eigenvalue weighted by Gasteiger charge is 2.23. The summed E-state index contributed by atoms with van der Waals surface area (Å²) in [6.45, 7) is 0.971. The molecule has 4 N–H and O–H groups in total. The molecule has 0 bridgehead atoms. The van der Waals surface area contributed by atoms with Gasteiger partial charge in [0, 0.05) is 31.5 Å². The lowest BCUT2D eigenvalue weighted by atomic mass is 10.1. The Hall–Kier alpha value is -1.38. The molecular formula is C15H20BrClFN5O. The predicted octanol–water partition coefficient (Wildman–Crippen LogP) is 2.97. The number of amides is 1. The summed E-state index contributed by atoms with van der Waals surface area (Å²) in [5.41, 5.74) is 8.35. The number of alkyl halides is 1. The normalized spacial score (nSPS) is 17.6. The van der Waals surface area contributed by atoms with Crippen LogP contribution in [0.4, 0.5) is 15.8 Å². The molecule has 1 fully saturated rings. The highest BCUT2D eigenvalue weighted by molar-refractivity contribution is 9.10. The van der Waals surface area contributed by atoms with Crippen LogP contribution in [0.5, 0.6) is 0 Å². The molecule has 1 aliphatic rings. The van der Waals surface area contributed by atoms with Gasteiger partial charge in [-0.2, -0.15) is 0 Å². The molecule has 9 heteroatoms. The number of halogens is 3. The molecule has 6 nitrogen and oxygen atoms in total. The van der Waals surface area contributed by atoms with Crippen molar-refractivity contribution in [3.05, 3.63) is 16.9 Å². The molecule has 3 rings (SSSR count). The zero-order valence-corrected chi connectivity index (χ0v) is 15.4. The lowest BCUT2D eigenvalue weighted by Gasteiger charge is -2.33. The number of hydrogen-bond donors (Lipinski definition) is 3. The van der Waals surface area contributed by atoms with Crippen molar-refractivity contribution in [1.82, 2.24) is 9.97 Å². The molecular weight excluding hydrogens is 401 g/mol. The third-order valence-corrected chi connectivity index (χ3v) is 4.58. The quantitative estimate of drug-likeness (QED) is 0.710. The van der Waals surface area contributed by atoms with Gasteiger partial charge in [0.05, 0.1) is 34.3 Å². The van der Waals surface area contributed by atoms with Crippen molar-refractivity contribution in [3.63, 3.8) is 0 Å². The van der Waals surface area contributed by atoms with Crippen LogP contribution >= 0.6 is 28.3 Å². The number of nitrogens with one attached hydrogen (secondary N) is 2. The average molecular weight is 421 g/mol. The number of pyridine rings is 1. The number of carbonyl (C=O) groups is 1. The van der Waals surface area contributed by atoms with Gasteiger partial charge in [0.1, 0.15) is 5.65 Å². The molecule has 132 valence electrons. The monoisotopic (exact) mass is 419 g/mol. The smallest absolute Gasteiger partial charge is 0.227 e. The van der Waals surface area contributed by atoms with Gasteiger partial charge in [-0.15, -0.1) is 12.4 Å². The second kappa shape index (κ2) is 8.13. The van der Waals surface area contributed by atoms with Gasteiger partial charge in [0.15, 0.2) is 0 Å².